The quantitative estimate of drug-likeness (QED) is 0.0214. The summed E-state index contributed by atoms with van der Waals surface area (Å²) in [5, 5.41) is 0. The van der Waals surface area contributed by atoms with Crippen LogP contribution < -0.4 is 0 Å². The molecule has 0 saturated heterocycles. The summed E-state index contributed by atoms with van der Waals surface area (Å²) in [4.78, 5) is 22.9. The molecule has 61 heavy (non-hydrogen) atoms. The molecule has 0 aliphatic carbocycles. The maximum atomic E-state index is 12.7. The van der Waals surface area contributed by atoms with Crippen molar-refractivity contribution in [1.29, 1.82) is 0 Å². The highest BCUT2D eigenvalue weighted by Crippen LogP contribution is 2.43. The number of nitrogens with zero attached hydrogens (tertiary/aromatic N) is 1. The molecule has 0 aromatic rings. The van der Waals surface area contributed by atoms with E-state index < -0.39 is 13.9 Å². The molecule has 0 aliphatic rings. The number of phosphoric acid groups is 1. The third kappa shape index (κ3) is 48.3. The van der Waals surface area contributed by atoms with Crippen LogP contribution in [0.2, 0.25) is 0 Å². The number of esters is 1. The largest absolute Gasteiger partial charge is 0.472 e. The molecule has 2 atom stereocenters. The third-order valence-corrected chi connectivity index (χ3v) is 10.6. The Hall–Kier alpha value is -2.58. The van der Waals surface area contributed by atoms with Gasteiger partial charge in [-0.1, -0.05) is 169 Å². The van der Waals surface area contributed by atoms with Gasteiger partial charge in [0.05, 0.1) is 34.4 Å². The van der Waals surface area contributed by atoms with E-state index in [-0.39, 0.29) is 32.2 Å². The van der Waals surface area contributed by atoms with E-state index in [9.17, 15) is 14.3 Å². The number of carbonyl (C=O) groups excluding carboxylic acids is 1. The summed E-state index contributed by atoms with van der Waals surface area (Å²) in [7, 11) is 1.63. The number of ether oxygens (including phenoxy) is 2. The van der Waals surface area contributed by atoms with Gasteiger partial charge in [0, 0.05) is 13.0 Å². The zero-order valence-corrected chi connectivity index (χ0v) is 40.5. The molecule has 0 amide bonds. The van der Waals surface area contributed by atoms with Crippen molar-refractivity contribution in [3.8, 4) is 0 Å². The predicted molar refractivity (Wildman–Crippen MR) is 261 cm³/mol. The molecule has 0 fully saturated rings. The van der Waals surface area contributed by atoms with E-state index in [4.69, 9.17) is 18.5 Å². The van der Waals surface area contributed by atoms with Gasteiger partial charge in [0.2, 0.25) is 0 Å². The second-order valence-corrected chi connectivity index (χ2v) is 18.2. The third-order valence-electron chi connectivity index (χ3n) is 9.64. The van der Waals surface area contributed by atoms with Crippen LogP contribution in [0, 0.1) is 0 Å². The molecule has 0 aliphatic heterocycles. The lowest BCUT2D eigenvalue weighted by Gasteiger charge is -2.24. The number of hydrogen-bond donors (Lipinski definition) is 1. The van der Waals surface area contributed by atoms with Gasteiger partial charge in [-0.05, 0) is 89.9 Å². The van der Waals surface area contributed by atoms with Crippen LogP contribution in [0.3, 0.4) is 0 Å². The van der Waals surface area contributed by atoms with Crippen LogP contribution in [0.5, 0.6) is 0 Å². The number of phosphoric ester groups is 1. The molecule has 0 heterocycles. The average Bonchev–Trinajstić information content (AvgIpc) is 3.22. The summed E-state index contributed by atoms with van der Waals surface area (Å²) in [6, 6.07) is 0. The Labute approximate surface area is 375 Å². The number of allylic oxidation sites excluding steroid dienone is 16. The second-order valence-electron chi connectivity index (χ2n) is 16.7. The van der Waals surface area contributed by atoms with Crippen molar-refractivity contribution in [3.63, 3.8) is 0 Å². The molecule has 0 saturated carbocycles. The highest BCUT2D eigenvalue weighted by molar-refractivity contribution is 7.47. The monoisotopic (exact) mass is 873 g/mol. The van der Waals surface area contributed by atoms with Crippen LogP contribution in [-0.2, 0) is 27.9 Å². The van der Waals surface area contributed by atoms with Gasteiger partial charge in [-0.3, -0.25) is 13.8 Å². The van der Waals surface area contributed by atoms with Gasteiger partial charge >= 0.3 is 13.8 Å². The van der Waals surface area contributed by atoms with Crippen LogP contribution in [0.4, 0.5) is 0 Å². The minimum Gasteiger partial charge on any atom is -0.457 e. The van der Waals surface area contributed by atoms with Gasteiger partial charge < -0.3 is 18.9 Å². The fourth-order valence-corrected chi connectivity index (χ4v) is 6.75. The lowest BCUT2D eigenvalue weighted by Crippen LogP contribution is -2.37. The smallest absolute Gasteiger partial charge is 0.457 e. The van der Waals surface area contributed by atoms with Crippen LogP contribution in [0.25, 0.3) is 0 Å². The van der Waals surface area contributed by atoms with E-state index in [1.165, 1.54) is 57.8 Å². The molecule has 0 radical (unpaired) electrons. The Morgan fingerprint density at radius 2 is 0.902 bits per heavy atom. The Kier molecular flexibility index (Phi) is 42.2. The topological polar surface area (TPSA) is 91.3 Å². The molecular formula is C52H91NO7P+. The molecule has 0 bridgehead atoms. The van der Waals surface area contributed by atoms with Crippen molar-refractivity contribution >= 4 is 13.8 Å². The highest BCUT2D eigenvalue weighted by atomic mass is 31.2. The molecule has 2 unspecified atom stereocenters. The number of likely N-dealkylation sites (N-methyl/N-ethyl adjacent to an activating group) is 1. The Balaban J connectivity index is 4.16. The van der Waals surface area contributed by atoms with E-state index in [1.807, 2.05) is 21.1 Å². The van der Waals surface area contributed by atoms with Gasteiger partial charge in [-0.2, -0.15) is 0 Å². The van der Waals surface area contributed by atoms with Crippen LogP contribution >= 0.6 is 7.82 Å². The van der Waals surface area contributed by atoms with Gasteiger partial charge in [0.25, 0.3) is 0 Å². The van der Waals surface area contributed by atoms with Crippen molar-refractivity contribution < 1.29 is 37.3 Å². The number of hydrogen-bond acceptors (Lipinski definition) is 6. The lowest BCUT2D eigenvalue weighted by molar-refractivity contribution is -0.870. The number of rotatable bonds is 43. The van der Waals surface area contributed by atoms with Crippen LogP contribution in [-0.4, -0.2) is 75.6 Å². The first kappa shape index (κ1) is 58.4. The van der Waals surface area contributed by atoms with Gasteiger partial charge in [0.1, 0.15) is 19.3 Å². The molecule has 0 aromatic carbocycles. The Bertz CT molecular complexity index is 1290. The molecule has 350 valence electrons. The van der Waals surface area contributed by atoms with Crippen molar-refractivity contribution in [2.24, 2.45) is 0 Å². The standard InChI is InChI=1S/C52H90NO7P/c1-6-8-10-12-14-16-18-20-21-22-23-24-25-26-27-28-29-30-31-32-34-36-38-40-42-44-47-57-49-51(50-59-61(55,56)58-48-46-53(3,4)5)60-52(54)45-43-41-39-37-35-33-19-17-15-13-11-9-7-2/h8-11,14-17,20-21,23-24,26-27,33,35,51H,6-7,12-13,18-19,22,25,28-32,34,36-50H2,1-5H3/p+1/b10-8-,11-9-,16-14-,17-15-,21-20-,24-23-,27-26-,35-33-. The second kappa shape index (κ2) is 44.0. The van der Waals surface area contributed by atoms with Gasteiger partial charge in [0.15, 0.2) is 0 Å². The van der Waals surface area contributed by atoms with E-state index >= 15 is 0 Å². The first-order valence-electron chi connectivity index (χ1n) is 24.0. The first-order valence-corrected chi connectivity index (χ1v) is 25.5. The SMILES string of the molecule is CC/C=C\C/C=C\C/C=C\C/C=C\C/C=C\CCCCCCCCCCCCOCC(COP(=O)(O)OCC[N+](C)(C)C)OC(=O)CCCCC/C=C\C/C=C\C/C=C\CC. The fourth-order valence-electron chi connectivity index (χ4n) is 6.00. The molecule has 0 spiro atoms. The zero-order chi connectivity index (χ0) is 44.8. The van der Waals surface area contributed by atoms with E-state index in [0.29, 0.717) is 17.6 Å². The maximum absolute atomic E-state index is 12.7. The van der Waals surface area contributed by atoms with Crippen molar-refractivity contribution in [2.45, 2.75) is 174 Å². The van der Waals surface area contributed by atoms with Crippen molar-refractivity contribution in [2.75, 3.05) is 54.1 Å². The van der Waals surface area contributed by atoms with Gasteiger partial charge in [-0.15, -0.1) is 0 Å². The summed E-state index contributed by atoms with van der Waals surface area (Å²) in [6.07, 6.45) is 60.3. The molecular weight excluding hydrogens is 782 g/mol. The number of unbranched alkanes of at least 4 members (excludes halogenated alkanes) is 13. The summed E-state index contributed by atoms with van der Waals surface area (Å²) < 4.78 is 35.0. The first-order chi connectivity index (χ1) is 29.6. The number of carbonyl (C=O) groups is 1. The fraction of sp³-hybridized carbons (Fsp3) is 0.673. The predicted octanol–water partition coefficient (Wildman–Crippen LogP) is 14.6. The van der Waals surface area contributed by atoms with Crippen LogP contribution in [0.15, 0.2) is 97.2 Å². The molecule has 1 N–H and O–H groups in total. The summed E-state index contributed by atoms with van der Waals surface area (Å²) >= 11 is 0. The maximum Gasteiger partial charge on any atom is 0.472 e. The van der Waals surface area contributed by atoms with E-state index in [2.05, 4.69) is 111 Å². The lowest BCUT2D eigenvalue weighted by atomic mass is 10.1. The summed E-state index contributed by atoms with van der Waals surface area (Å²) in [5.74, 6) is -0.348. The van der Waals surface area contributed by atoms with Gasteiger partial charge in [-0.25, -0.2) is 4.57 Å². The average molecular weight is 873 g/mol. The van der Waals surface area contributed by atoms with Crippen molar-refractivity contribution in [3.05, 3.63) is 97.2 Å². The van der Waals surface area contributed by atoms with E-state index in [1.54, 1.807) is 0 Å². The molecule has 0 aromatic heterocycles. The molecule has 0 rings (SSSR count). The van der Waals surface area contributed by atoms with E-state index in [0.717, 1.165) is 89.9 Å². The summed E-state index contributed by atoms with van der Waals surface area (Å²) in [5.41, 5.74) is 0. The minimum absolute atomic E-state index is 0.0766. The summed E-state index contributed by atoms with van der Waals surface area (Å²) in [6.45, 7) is 5.32. The zero-order valence-electron chi connectivity index (χ0n) is 39.6. The molecule has 9 heteroatoms. The Morgan fingerprint density at radius 1 is 0.508 bits per heavy atom. The number of quaternary nitrogens is 1. The molecule has 8 nitrogen and oxygen atoms in total. The Morgan fingerprint density at radius 3 is 1.34 bits per heavy atom. The highest BCUT2D eigenvalue weighted by Gasteiger charge is 2.26. The normalized spacial score (nSPS) is 14.5. The minimum atomic E-state index is -4.29. The van der Waals surface area contributed by atoms with Crippen molar-refractivity contribution in [1.82, 2.24) is 0 Å². The van der Waals surface area contributed by atoms with Crippen LogP contribution in [0.1, 0.15) is 168 Å².